The number of rotatable bonds is 4. The number of ether oxygens (including phenoxy) is 1. The van der Waals surface area contributed by atoms with Crippen molar-refractivity contribution in [3.05, 3.63) is 39.1 Å². The third-order valence-electron chi connectivity index (χ3n) is 4.78. The highest BCUT2D eigenvalue weighted by atomic mass is 32.1. The average molecular weight is 361 g/mol. The maximum absolute atomic E-state index is 13.2. The van der Waals surface area contributed by atoms with E-state index in [4.69, 9.17) is 4.74 Å². The minimum absolute atomic E-state index is 0.00982. The molecule has 1 fully saturated rings. The molecule has 134 valence electrons. The summed E-state index contributed by atoms with van der Waals surface area (Å²) in [5, 5.41) is 2.91. The molecule has 3 rings (SSSR count). The topological polar surface area (TPSA) is 75.3 Å². The molecule has 1 aliphatic heterocycles. The second-order valence-corrected chi connectivity index (χ2v) is 7.13. The molecule has 0 aromatic carbocycles. The molecule has 1 amide bonds. The smallest absolute Gasteiger partial charge is 0.339 e. The fourth-order valence-electron chi connectivity index (χ4n) is 3.49. The van der Waals surface area contributed by atoms with Gasteiger partial charge in [0.15, 0.2) is 0 Å². The number of aryl methyl sites for hydroxylation is 1. The lowest BCUT2D eigenvalue weighted by Crippen LogP contribution is -2.39. The molecule has 1 atom stereocenters. The van der Waals surface area contributed by atoms with Gasteiger partial charge in [0.1, 0.15) is 10.7 Å². The van der Waals surface area contributed by atoms with Gasteiger partial charge >= 0.3 is 5.97 Å². The molecule has 0 radical (unpaired) electrons. The molecule has 3 heterocycles. The van der Waals surface area contributed by atoms with Crippen LogP contribution in [0.15, 0.2) is 11.6 Å². The van der Waals surface area contributed by atoms with Crippen molar-refractivity contribution in [3.63, 3.8) is 0 Å². The first-order valence-corrected chi connectivity index (χ1v) is 9.46. The van der Waals surface area contributed by atoms with Gasteiger partial charge < -0.3 is 14.6 Å². The van der Waals surface area contributed by atoms with Gasteiger partial charge in [-0.3, -0.25) is 4.79 Å². The maximum Gasteiger partial charge on any atom is 0.339 e. The van der Waals surface area contributed by atoms with Crippen LogP contribution in [0.5, 0.6) is 0 Å². The highest BCUT2D eigenvalue weighted by molar-refractivity contribution is 7.09. The van der Waals surface area contributed by atoms with Crippen LogP contribution in [0.25, 0.3) is 0 Å². The molecular formula is C18H23N3O3S. The SMILES string of the molecule is CCc1[nH]c(C(=O)N2CCCCC2c2nccs2)c(C)c1C(=O)OC. The lowest BCUT2D eigenvalue weighted by molar-refractivity contribution is 0.0598. The summed E-state index contributed by atoms with van der Waals surface area (Å²) in [6, 6.07) is 0.00982. The Labute approximate surface area is 151 Å². The summed E-state index contributed by atoms with van der Waals surface area (Å²) >= 11 is 1.58. The quantitative estimate of drug-likeness (QED) is 0.846. The lowest BCUT2D eigenvalue weighted by atomic mass is 10.0. The van der Waals surface area contributed by atoms with Crippen LogP contribution in [-0.4, -0.2) is 40.4 Å². The third-order valence-corrected chi connectivity index (χ3v) is 5.66. The van der Waals surface area contributed by atoms with Crippen molar-refractivity contribution < 1.29 is 14.3 Å². The third kappa shape index (κ3) is 3.20. The van der Waals surface area contributed by atoms with Gasteiger partial charge in [-0.1, -0.05) is 6.92 Å². The second-order valence-electron chi connectivity index (χ2n) is 6.20. The Kier molecular flexibility index (Phi) is 5.22. The summed E-state index contributed by atoms with van der Waals surface area (Å²) in [5.74, 6) is -0.470. The van der Waals surface area contributed by atoms with Crippen molar-refractivity contribution in [2.75, 3.05) is 13.7 Å². The van der Waals surface area contributed by atoms with Crippen molar-refractivity contribution in [2.24, 2.45) is 0 Å². The van der Waals surface area contributed by atoms with Gasteiger partial charge in [0.25, 0.3) is 5.91 Å². The van der Waals surface area contributed by atoms with E-state index in [0.717, 1.165) is 30.0 Å². The normalized spacial score (nSPS) is 17.6. The number of amides is 1. The van der Waals surface area contributed by atoms with Crippen LogP contribution in [0.3, 0.4) is 0 Å². The van der Waals surface area contributed by atoms with Gasteiger partial charge in [-0.2, -0.15) is 0 Å². The number of aromatic nitrogens is 2. The summed E-state index contributed by atoms with van der Waals surface area (Å²) in [6.07, 6.45) is 5.41. The lowest BCUT2D eigenvalue weighted by Gasteiger charge is -2.34. The predicted molar refractivity (Wildman–Crippen MR) is 96.0 cm³/mol. The largest absolute Gasteiger partial charge is 0.465 e. The predicted octanol–water partition coefficient (Wildman–Crippen LogP) is 3.50. The van der Waals surface area contributed by atoms with E-state index in [0.29, 0.717) is 29.8 Å². The molecule has 1 N–H and O–H groups in total. The molecular weight excluding hydrogens is 338 g/mol. The Morgan fingerprint density at radius 2 is 2.24 bits per heavy atom. The number of nitrogens with zero attached hydrogens (tertiary/aromatic N) is 2. The average Bonchev–Trinajstić information content (AvgIpc) is 3.28. The molecule has 25 heavy (non-hydrogen) atoms. The van der Waals surface area contributed by atoms with E-state index < -0.39 is 5.97 Å². The highest BCUT2D eigenvalue weighted by Gasteiger charge is 2.33. The maximum atomic E-state index is 13.2. The fraction of sp³-hybridized carbons (Fsp3) is 0.500. The van der Waals surface area contributed by atoms with Crippen LogP contribution in [0.4, 0.5) is 0 Å². The van der Waals surface area contributed by atoms with E-state index in [-0.39, 0.29) is 11.9 Å². The highest BCUT2D eigenvalue weighted by Crippen LogP contribution is 2.34. The summed E-state index contributed by atoms with van der Waals surface area (Å²) in [7, 11) is 1.36. The van der Waals surface area contributed by atoms with Crippen LogP contribution in [0, 0.1) is 6.92 Å². The van der Waals surface area contributed by atoms with E-state index in [2.05, 4.69) is 9.97 Å². The van der Waals surface area contributed by atoms with E-state index in [1.165, 1.54) is 7.11 Å². The van der Waals surface area contributed by atoms with E-state index in [9.17, 15) is 9.59 Å². The number of methoxy groups -OCH3 is 1. The molecule has 2 aromatic rings. The van der Waals surface area contributed by atoms with Crippen LogP contribution in [0.1, 0.15) is 69.3 Å². The number of hydrogen-bond donors (Lipinski definition) is 1. The van der Waals surface area contributed by atoms with Crippen LogP contribution >= 0.6 is 11.3 Å². The fourth-order valence-corrected chi connectivity index (χ4v) is 4.27. The molecule has 6 nitrogen and oxygen atoms in total. The summed E-state index contributed by atoms with van der Waals surface area (Å²) in [4.78, 5) is 34.8. The van der Waals surface area contributed by atoms with Gasteiger partial charge in [0.05, 0.1) is 18.7 Å². The van der Waals surface area contributed by atoms with Crippen molar-refractivity contribution >= 4 is 23.2 Å². The number of esters is 1. The number of carbonyl (C=O) groups is 2. The van der Waals surface area contributed by atoms with Gasteiger partial charge in [0.2, 0.25) is 0 Å². The van der Waals surface area contributed by atoms with Crippen LogP contribution < -0.4 is 0 Å². The molecule has 0 aliphatic carbocycles. The summed E-state index contributed by atoms with van der Waals surface area (Å²) < 4.78 is 4.89. The number of aromatic amines is 1. The molecule has 1 aliphatic rings. The van der Waals surface area contributed by atoms with E-state index in [1.54, 1.807) is 24.5 Å². The molecule has 0 saturated carbocycles. The monoisotopic (exact) mass is 361 g/mol. The number of nitrogens with one attached hydrogen (secondary N) is 1. The Morgan fingerprint density at radius 1 is 1.44 bits per heavy atom. The minimum Gasteiger partial charge on any atom is -0.465 e. The molecule has 7 heteroatoms. The molecule has 0 spiro atoms. The second kappa shape index (κ2) is 7.39. The van der Waals surface area contributed by atoms with E-state index in [1.807, 2.05) is 17.2 Å². The van der Waals surface area contributed by atoms with Crippen LogP contribution in [0.2, 0.25) is 0 Å². The Bertz CT molecular complexity index is 767. The number of thiazole rings is 1. The standard InChI is InChI=1S/C18H23N3O3S/c1-4-12-14(18(23)24-3)11(2)15(20-12)17(22)21-9-6-5-7-13(21)16-19-8-10-25-16/h8,10,13,20H,4-7,9H2,1-3H3. The zero-order valence-electron chi connectivity index (χ0n) is 14.8. The zero-order valence-corrected chi connectivity index (χ0v) is 15.6. The first kappa shape index (κ1) is 17.7. The van der Waals surface area contributed by atoms with Gasteiger partial charge in [-0.15, -0.1) is 11.3 Å². The Balaban J connectivity index is 1.97. The van der Waals surface area contributed by atoms with E-state index >= 15 is 0 Å². The Hall–Kier alpha value is -2.15. The molecule has 1 saturated heterocycles. The number of hydrogen-bond acceptors (Lipinski definition) is 5. The molecule has 1 unspecified atom stereocenters. The van der Waals surface area contributed by atoms with Crippen molar-refractivity contribution in [2.45, 2.75) is 45.6 Å². The summed E-state index contributed by atoms with van der Waals surface area (Å²) in [6.45, 7) is 4.46. The summed E-state index contributed by atoms with van der Waals surface area (Å²) in [5.41, 5.74) is 2.38. The first-order chi connectivity index (χ1) is 12.1. The molecule has 2 aromatic heterocycles. The van der Waals surface area contributed by atoms with Crippen molar-refractivity contribution in [1.29, 1.82) is 0 Å². The number of H-pyrrole nitrogens is 1. The van der Waals surface area contributed by atoms with Gasteiger partial charge in [-0.25, -0.2) is 9.78 Å². The van der Waals surface area contributed by atoms with Gasteiger partial charge in [-0.05, 0) is 38.2 Å². The molecule has 0 bridgehead atoms. The Morgan fingerprint density at radius 3 is 2.88 bits per heavy atom. The van der Waals surface area contributed by atoms with Crippen molar-refractivity contribution in [3.8, 4) is 0 Å². The number of likely N-dealkylation sites (tertiary alicyclic amines) is 1. The first-order valence-electron chi connectivity index (χ1n) is 8.58. The number of carbonyl (C=O) groups excluding carboxylic acids is 2. The minimum atomic E-state index is -0.403. The number of piperidine rings is 1. The zero-order chi connectivity index (χ0) is 18.0. The van der Waals surface area contributed by atoms with Crippen LogP contribution in [-0.2, 0) is 11.2 Å². The van der Waals surface area contributed by atoms with Gasteiger partial charge in [0, 0.05) is 23.8 Å². The van der Waals surface area contributed by atoms with Crippen molar-refractivity contribution in [1.82, 2.24) is 14.9 Å².